The Bertz CT molecular complexity index is 218. The predicted molar refractivity (Wildman–Crippen MR) is 62.4 cm³/mol. The number of amides is 1. The minimum Gasteiger partial charge on any atom is -0.339 e. The fraction of sp³-hybridized carbons (Fsp3) is 0.917. The molecule has 88 valence electrons. The van der Waals surface area contributed by atoms with Crippen LogP contribution in [0.15, 0.2) is 0 Å². The molecule has 3 unspecified atom stereocenters. The predicted octanol–water partition coefficient (Wildman–Crippen LogP) is 1.62. The van der Waals surface area contributed by atoms with Crippen molar-refractivity contribution in [3.63, 3.8) is 0 Å². The number of hydrogen-bond donors (Lipinski definition) is 1. The monoisotopic (exact) mass is 212 g/mol. The maximum Gasteiger partial charge on any atom is 0.227 e. The number of nitrogens with zero attached hydrogens (tertiary/aromatic N) is 1. The van der Waals surface area contributed by atoms with Crippen molar-refractivity contribution in [3.8, 4) is 0 Å². The van der Waals surface area contributed by atoms with E-state index in [9.17, 15) is 4.79 Å². The lowest BCUT2D eigenvalue weighted by atomic mass is 10.0. The van der Waals surface area contributed by atoms with E-state index in [-0.39, 0.29) is 11.8 Å². The second-order valence-corrected chi connectivity index (χ2v) is 4.90. The van der Waals surface area contributed by atoms with Gasteiger partial charge in [-0.05, 0) is 25.7 Å². The lowest BCUT2D eigenvalue weighted by Gasteiger charge is -2.26. The van der Waals surface area contributed by atoms with Gasteiger partial charge in [0.1, 0.15) is 0 Å². The van der Waals surface area contributed by atoms with Crippen LogP contribution < -0.4 is 5.73 Å². The Morgan fingerprint density at radius 2 is 2.20 bits per heavy atom. The highest BCUT2D eigenvalue weighted by Crippen LogP contribution is 2.24. The number of likely N-dealkylation sites (tertiary alicyclic amines) is 1. The van der Waals surface area contributed by atoms with E-state index in [1.807, 2.05) is 4.90 Å². The first-order chi connectivity index (χ1) is 7.10. The van der Waals surface area contributed by atoms with E-state index in [1.54, 1.807) is 0 Å². The molecule has 15 heavy (non-hydrogen) atoms. The molecule has 3 heteroatoms. The van der Waals surface area contributed by atoms with Gasteiger partial charge in [0.15, 0.2) is 0 Å². The summed E-state index contributed by atoms with van der Waals surface area (Å²) in [4.78, 5) is 14.2. The van der Waals surface area contributed by atoms with E-state index in [1.165, 1.54) is 0 Å². The van der Waals surface area contributed by atoms with Crippen LogP contribution in [0.1, 0.15) is 40.0 Å². The minimum absolute atomic E-state index is 0.0442. The summed E-state index contributed by atoms with van der Waals surface area (Å²) in [5.41, 5.74) is 5.66. The fourth-order valence-corrected chi connectivity index (χ4v) is 2.53. The number of nitrogens with two attached hydrogens (primary N) is 1. The zero-order valence-corrected chi connectivity index (χ0v) is 10.2. The Morgan fingerprint density at radius 1 is 1.53 bits per heavy atom. The second-order valence-electron chi connectivity index (χ2n) is 4.90. The molecule has 0 aromatic heterocycles. The van der Waals surface area contributed by atoms with E-state index in [0.29, 0.717) is 18.5 Å². The highest BCUT2D eigenvalue weighted by molar-refractivity contribution is 5.79. The third-order valence-electron chi connectivity index (χ3n) is 3.34. The van der Waals surface area contributed by atoms with Gasteiger partial charge in [-0.15, -0.1) is 0 Å². The molecule has 3 atom stereocenters. The maximum atomic E-state index is 12.2. The van der Waals surface area contributed by atoms with Crippen molar-refractivity contribution in [3.05, 3.63) is 0 Å². The van der Waals surface area contributed by atoms with Crippen LogP contribution in [-0.4, -0.2) is 29.9 Å². The first kappa shape index (κ1) is 12.5. The topological polar surface area (TPSA) is 46.3 Å². The molecule has 0 bridgehead atoms. The summed E-state index contributed by atoms with van der Waals surface area (Å²) >= 11 is 0. The van der Waals surface area contributed by atoms with Gasteiger partial charge in [-0.2, -0.15) is 0 Å². The van der Waals surface area contributed by atoms with E-state index >= 15 is 0 Å². The van der Waals surface area contributed by atoms with E-state index in [0.717, 1.165) is 25.8 Å². The first-order valence-corrected chi connectivity index (χ1v) is 6.10. The van der Waals surface area contributed by atoms with Crippen molar-refractivity contribution >= 4 is 5.91 Å². The van der Waals surface area contributed by atoms with E-state index in [2.05, 4.69) is 20.8 Å². The van der Waals surface area contributed by atoms with Gasteiger partial charge in [0.2, 0.25) is 5.91 Å². The van der Waals surface area contributed by atoms with Crippen molar-refractivity contribution in [2.24, 2.45) is 17.6 Å². The standard InChI is InChI=1S/C12H24N2O/c1-4-5-11(7-13)12(15)14-8-9(2)6-10(14)3/h9-11H,4-8,13H2,1-3H3. The number of carbonyl (C=O) groups excluding carboxylic acids is 1. The summed E-state index contributed by atoms with van der Waals surface area (Å²) in [7, 11) is 0. The minimum atomic E-state index is 0.0442. The molecule has 0 radical (unpaired) electrons. The van der Waals surface area contributed by atoms with Gasteiger partial charge in [0, 0.05) is 19.1 Å². The van der Waals surface area contributed by atoms with Crippen LogP contribution in [-0.2, 0) is 4.79 Å². The molecule has 0 aromatic carbocycles. The van der Waals surface area contributed by atoms with Crippen molar-refractivity contribution < 1.29 is 4.79 Å². The molecule has 0 aromatic rings. The Hall–Kier alpha value is -0.570. The SMILES string of the molecule is CCCC(CN)C(=O)N1CC(C)CC1C. The van der Waals surface area contributed by atoms with Gasteiger partial charge in [-0.25, -0.2) is 0 Å². The van der Waals surface area contributed by atoms with Crippen LogP contribution in [0.25, 0.3) is 0 Å². The van der Waals surface area contributed by atoms with Gasteiger partial charge >= 0.3 is 0 Å². The summed E-state index contributed by atoms with van der Waals surface area (Å²) in [6, 6.07) is 0.401. The van der Waals surface area contributed by atoms with Crippen LogP contribution in [0.4, 0.5) is 0 Å². The van der Waals surface area contributed by atoms with Gasteiger partial charge in [-0.1, -0.05) is 20.3 Å². The average molecular weight is 212 g/mol. The summed E-state index contributed by atoms with van der Waals surface area (Å²) in [5, 5.41) is 0. The third kappa shape index (κ3) is 2.94. The fourth-order valence-electron chi connectivity index (χ4n) is 2.53. The van der Waals surface area contributed by atoms with Gasteiger partial charge in [0.25, 0.3) is 0 Å². The molecule has 1 rings (SSSR count). The van der Waals surface area contributed by atoms with Crippen LogP contribution in [0.3, 0.4) is 0 Å². The largest absolute Gasteiger partial charge is 0.339 e. The quantitative estimate of drug-likeness (QED) is 0.769. The molecule has 2 N–H and O–H groups in total. The van der Waals surface area contributed by atoms with Gasteiger partial charge < -0.3 is 10.6 Å². The molecular weight excluding hydrogens is 188 g/mol. The molecule has 3 nitrogen and oxygen atoms in total. The molecular formula is C12H24N2O. The molecule has 1 amide bonds. The molecule has 1 heterocycles. The smallest absolute Gasteiger partial charge is 0.227 e. The Kier molecular flexibility index (Phi) is 4.58. The van der Waals surface area contributed by atoms with Crippen LogP contribution in [0, 0.1) is 11.8 Å². The Balaban J connectivity index is 2.58. The van der Waals surface area contributed by atoms with Crippen molar-refractivity contribution in [1.82, 2.24) is 4.90 Å². The Labute approximate surface area is 93.0 Å². The summed E-state index contributed by atoms with van der Waals surface area (Å²) in [6.45, 7) is 7.86. The average Bonchev–Trinajstić information content (AvgIpc) is 2.53. The summed E-state index contributed by atoms with van der Waals surface area (Å²) in [6.07, 6.45) is 3.09. The third-order valence-corrected chi connectivity index (χ3v) is 3.34. The molecule has 1 aliphatic rings. The van der Waals surface area contributed by atoms with Crippen LogP contribution in [0.5, 0.6) is 0 Å². The molecule has 1 fully saturated rings. The van der Waals surface area contributed by atoms with Crippen molar-refractivity contribution in [2.75, 3.05) is 13.1 Å². The zero-order valence-electron chi connectivity index (χ0n) is 10.2. The summed E-state index contributed by atoms with van der Waals surface area (Å²) in [5.74, 6) is 0.961. The molecule has 0 aliphatic carbocycles. The van der Waals surface area contributed by atoms with Crippen LogP contribution >= 0.6 is 0 Å². The first-order valence-electron chi connectivity index (χ1n) is 6.10. The lowest BCUT2D eigenvalue weighted by molar-refractivity contribution is -0.136. The maximum absolute atomic E-state index is 12.2. The zero-order chi connectivity index (χ0) is 11.4. The highest BCUT2D eigenvalue weighted by Gasteiger charge is 2.32. The Morgan fingerprint density at radius 3 is 2.60 bits per heavy atom. The summed E-state index contributed by atoms with van der Waals surface area (Å²) < 4.78 is 0. The number of hydrogen-bond acceptors (Lipinski definition) is 2. The molecule has 1 saturated heterocycles. The van der Waals surface area contributed by atoms with Crippen LogP contribution in [0.2, 0.25) is 0 Å². The molecule has 1 aliphatic heterocycles. The van der Waals surface area contributed by atoms with Crippen molar-refractivity contribution in [1.29, 1.82) is 0 Å². The van der Waals surface area contributed by atoms with E-state index < -0.39 is 0 Å². The lowest BCUT2D eigenvalue weighted by Crippen LogP contribution is -2.41. The number of rotatable bonds is 4. The molecule has 0 saturated carbocycles. The van der Waals surface area contributed by atoms with E-state index in [4.69, 9.17) is 5.73 Å². The normalized spacial score (nSPS) is 28.1. The number of carbonyl (C=O) groups is 1. The van der Waals surface area contributed by atoms with Gasteiger partial charge in [0.05, 0.1) is 5.92 Å². The van der Waals surface area contributed by atoms with Crippen molar-refractivity contribution in [2.45, 2.75) is 46.1 Å². The second kappa shape index (κ2) is 5.50. The molecule has 0 spiro atoms. The van der Waals surface area contributed by atoms with Gasteiger partial charge in [-0.3, -0.25) is 4.79 Å². The highest BCUT2D eigenvalue weighted by atomic mass is 16.2.